The van der Waals surface area contributed by atoms with E-state index < -0.39 is 6.09 Å². The molecule has 0 aromatic heterocycles. The molecule has 0 saturated heterocycles. The third kappa shape index (κ3) is 13.6. The van der Waals surface area contributed by atoms with E-state index in [1.54, 1.807) is 12.1 Å². The van der Waals surface area contributed by atoms with Gasteiger partial charge in [0.1, 0.15) is 6.10 Å². The maximum absolute atomic E-state index is 12.7. The number of anilines is 2. The van der Waals surface area contributed by atoms with E-state index in [2.05, 4.69) is 26.1 Å². The molecule has 2 unspecified atom stereocenters. The lowest BCUT2D eigenvalue weighted by atomic mass is 9.99. The van der Waals surface area contributed by atoms with Crippen molar-refractivity contribution in [3.8, 4) is 0 Å². The van der Waals surface area contributed by atoms with E-state index >= 15 is 0 Å². The summed E-state index contributed by atoms with van der Waals surface area (Å²) in [5.41, 5.74) is 1.19. The molecule has 6 nitrogen and oxygen atoms in total. The van der Waals surface area contributed by atoms with Crippen molar-refractivity contribution in [1.29, 1.82) is 0 Å². The normalized spacial score (nSPS) is 12.7. The van der Waals surface area contributed by atoms with Gasteiger partial charge < -0.3 is 4.74 Å². The number of nitrogens with zero attached hydrogens (tertiary/aromatic N) is 1. The van der Waals surface area contributed by atoms with Crippen molar-refractivity contribution < 1.29 is 19.2 Å². The first kappa shape index (κ1) is 31.0. The van der Waals surface area contributed by atoms with E-state index in [1.165, 1.54) is 43.6 Å². The maximum atomic E-state index is 12.7. The smallest absolute Gasteiger partial charge is 0.411 e. The zero-order valence-corrected chi connectivity index (χ0v) is 22.9. The first-order chi connectivity index (χ1) is 16.9. The first-order valence-electron chi connectivity index (χ1n) is 14.0. The zero-order chi connectivity index (χ0) is 25.9. The lowest BCUT2D eigenvalue weighted by molar-refractivity contribution is -0.126. The van der Waals surface area contributed by atoms with Crippen molar-refractivity contribution >= 4 is 23.4 Å². The van der Waals surface area contributed by atoms with Crippen LogP contribution in [0.4, 0.5) is 16.2 Å². The Bertz CT molecular complexity index is 710. The van der Waals surface area contributed by atoms with Crippen LogP contribution in [-0.2, 0) is 14.4 Å². The Morgan fingerprint density at radius 1 is 0.886 bits per heavy atom. The molecule has 1 N–H and O–H groups in total. The molecular weight excluding hydrogens is 440 g/mol. The Hall–Kier alpha value is -2.08. The van der Waals surface area contributed by atoms with Gasteiger partial charge in [-0.3, -0.25) is 14.9 Å². The standard InChI is InChI=1S/C29H50N2O4/c1-6-9-11-12-13-14-15-16-22-34-31(28(32)18-8-3)27-21-17-20-26(23-27)30-29(33)35-25(5)24(4)19-10-7-2/h17,20-21,23-25H,6-16,18-19,22H2,1-5H3,(H,30,33). The van der Waals surface area contributed by atoms with Crippen LogP contribution in [-0.4, -0.2) is 24.7 Å². The predicted octanol–water partition coefficient (Wildman–Crippen LogP) is 8.66. The maximum Gasteiger partial charge on any atom is 0.411 e. The minimum atomic E-state index is -0.482. The van der Waals surface area contributed by atoms with E-state index in [1.807, 2.05) is 26.0 Å². The van der Waals surface area contributed by atoms with Crippen molar-refractivity contribution in [2.75, 3.05) is 17.0 Å². The van der Waals surface area contributed by atoms with E-state index in [9.17, 15) is 9.59 Å². The molecule has 0 bridgehead atoms. The summed E-state index contributed by atoms with van der Waals surface area (Å²) in [7, 11) is 0. The number of hydrogen-bond donors (Lipinski definition) is 1. The van der Waals surface area contributed by atoms with Crippen molar-refractivity contribution in [3.05, 3.63) is 24.3 Å². The lowest BCUT2D eigenvalue weighted by Crippen LogP contribution is -2.31. The highest BCUT2D eigenvalue weighted by Gasteiger charge is 2.19. The summed E-state index contributed by atoms with van der Waals surface area (Å²) < 4.78 is 5.57. The summed E-state index contributed by atoms with van der Waals surface area (Å²) in [6, 6.07) is 7.18. The van der Waals surface area contributed by atoms with Crippen LogP contribution in [0.5, 0.6) is 0 Å². The van der Waals surface area contributed by atoms with Crippen molar-refractivity contribution in [2.45, 2.75) is 124 Å². The van der Waals surface area contributed by atoms with Crippen LogP contribution in [0.3, 0.4) is 0 Å². The third-order valence-electron chi connectivity index (χ3n) is 6.34. The van der Waals surface area contributed by atoms with Crippen molar-refractivity contribution in [3.63, 3.8) is 0 Å². The second-order valence-electron chi connectivity index (χ2n) is 9.65. The average Bonchev–Trinajstić information content (AvgIpc) is 2.83. The van der Waals surface area contributed by atoms with E-state index in [0.717, 1.165) is 38.5 Å². The molecule has 6 heteroatoms. The number of unbranched alkanes of at least 4 members (excludes halogenated alkanes) is 8. The molecule has 1 rings (SSSR count). The number of carbonyl (C=O) groups excluding carboxylic acids is 2. The second kappa shape index (κ2) is 19.1. The molecule has 1 aromatic rings. The summed E-state index contributed by atoms with van der Waals surface area (Å²) in [6.07, 6.45) is 13.5. The molecule has 35 heavy (non-hydrogen) atoms. The van der Waals surface area contributed by atoms with Gasteiger partial charge in [-0.25, -0.2) is 4.79 Å². The molecule has 0 saturated carbocycles. The van der Waals surface area contributed by atoms with Gasteiger partial charge in [0, 0.05) is 12.1 Å². The van der Waals surface area contributed by atoms with Crippen molar-refractivity contribution in [1.82, 2.24) is 0 Å². The molecule has 0 spiro atoms. The summed E-state index contributed by atoms with van der Waals surface area (Å²) in [5.74, 6) is 0.226. The fraction of sp³-hybridized carbons (Fsp3) is 0.724. The number of carbonyl (C=O) groups is 2. The topological polar surface area (TPSA) is 67.9 Å². The fourth-order valence-electron chi connectivity index (χ4n) is 3.90. The van der Waals surface area contributed by atoms with Gasteiger partial charge in [0.15, 0.2) is 0 Å². The molecule has 0 radical (unpaired) electrons. The molecule has 0 fully saturated rings. The van der Waals surface area contributed by atoms with E-state index in [-0.39, 0.29) is 12.0 Å². The quantitative estimate of drug-likeness (QED) is 0.156. The monoisotopic (exact) mass is 490 g/mol. The van der Waals surface area contributed by atoms with Gasteiger partial charge in [0.25, 0.3) is 5.91 Å². The highest BCUT2D eigenvalue weighted by atomic mass is 16.7. The number of hydrogen-bond acceptors (Lipinski definition) is 4. The largest absolute Gasteiger partial charge is 0.446 e. The molecule has 2 atom stereocenters. The Morgan fingerprint density at radius 3 is 2.20 bits per heavy atom. The van der Waals surface area contributed by atoms with Gasteiger partial charge in [-0.2, -0.15) is 5.06 Å². The molecule has 0 aliphatic rings. The molecule has 0 heterocycles. The van der Waals surface area contributed by atoms with E-state index in [4.69, 9.17) is 9.57 Å². The Labute approximate surface area is 214 Å². The predicted molar refractivity (Wildman–Crippen MR) is 146 cm³/mol. The summed E-state index contributed by atoms with van der Waals surface area (Å²) in [6.45, 7) is 10.9. The van der Waals surface area contributed by atoms with Gasteiger partial charge in [-0.15, -0.1) is 0 Å². The number of amides is 2. The van der Waals surface area contributed by atoms with Gasteiger partial charge >= 0.3 is 6.09 Å². The minimum Gasteiger partial charge on any atom is -0.446 e. The SMILES string of the molecule is CCCCCCCCCCON(C(=O)CCC)c1cccc(NC(=O)OC(C)C(C)CCCC)c1. The van der Waals surface area contributed by atoms with Crippen LogP contribution < -0.4 is 10.4 Å². The van der Waals surface area contributed by atoms with Crippen LogP contribution in [0.15, 0.2) is 24.3 Å². The Morgan fingerprint density at radius 2 is 1.54 bits per heavy atom. The summed E-state index contributed by atoms with van der Waals surface area (Å²) in [4.78, 5) is 31.1. The van der Waals surface area contributed by atoms with Crippen molar-refractivity contribution in [2.24, 2.45) is 5.92 Å². The highest BCUT2D eigenvalue weighted by Crippen LogP contribution is 2.23. The van der Waals surface area contributed by atoms with Gasteiger partial charge in [-0.05, 0) is 50.3 Å². The lowest BCUT2D eigenvalue weighted by Gasteiger charge is -2.23. The van der Waals surface area contributed by atoms with Crippen LogP contribution in [0.1, 0.15) is 118 Å². The van der Waals surface area contributed by atoms with Crippen LogP contribution in [0.25, 0.3) is 0 Å². The van der Waals surface area contributed by atoms with E-state index in [0.29, 0.717) is 30.3 Å². The molecule has 2 amide bonds. The first-order valence-corrected chi connectivity index (χ1v) is 14.0. The zero-order valence-electron chi connectivity index (χ0n) is 22.9. The number of rotatable bonds is 19. The average molecular weight is 491 g/mol. The fourth-order valence-corrected chi connectivity index (χ4v) is 3.90. The molecule has 0 aliphatic heterocycles. The number of nitrogens with one attached hydrogen (secondary N) is 1. The highest BCUT2D eigenvalue weighted by molar-refractivity contribution is 5.93. The third-order valence-corrected chi connectivity index (χ3v) is 6.34. The van der Waals surface area contributed by atoms with Gasteiger partial charge in [0.2, 0.25) is 0 Å². The number of ether oxygens (including phenoxy) is 1. The Kier molecular flexibility index (Phi) is 16.9. The van der Waals surface area contributed by atoms with Crippen LogP contribution in [0, 0.1) is 5.92 Å². The number of hydroxylamine groups is 1. The molecular formula is C29H50N2O4. The Balaban J connectivity index is 2.62. The second-order valence-corrected chi connectivity index (χ2v) is 9.65. The summed E-state index contributed by atoms with van der Waals surface area (Å²) in [5, 5.41) is 4.19. The molecule has 0 aliphatic carbocycles. The molecule has 200 valence electrons. The van der Waals surface area contributed by atoms with Crippen LogP contribution in [0.2, 0.25) is 0 Å². The summed E-state index contributed by atoms with van der Waals surface area (Å²) >= 11 is 0. The van der Waals surface area contributed by atoms with Crippen LogP contribution >= 0.6 is 0 Å². The van der Waals surface area contributed by atoms with Gasteiger partial charge in [0.05, 0.1) is 12.3 Å². The minimum absolute atomic E-state index is 0.0786. The van der Waals surface area contributed by atoms with Gasteiger partial charge in [-0.1, -0.05) is 91.5 Å². The number of benzene rings is 1. The molecule has 1 aromatic carbocycles.